The van der Waals surface area contributed by atoms with Crippen molar-refractivity contribution in [3.05, 3.63) is 63.1 Å². The number of unbranched alkanes of at least 4 members (excludes halogenated alkanes) is 1. The van der Waals surface area contributed by atoms with Crippen LogP contribution in [0, 0.1) is 6.92 Å². The number of esters is 1. The molecule has 0 spiro atoms. The number of carbonyl (C=O) groups excluding carboxylic acids is 1. The number of benzene rings is 1. The number of hydrogen-bond donors (Lipinski definition) is 2. The van der Waals surface area contributed by atoms with E-state index in [1.807, 2.05) is 6.92 Å². The van der Waals surface area contributed by atoms with Gasteiger partial charge in [-0.2, -0.15) is 18.3 Å². The SMILES string of the molecule is CCCCOC(=O)c1nc(C(C)(O)c2ccc(C(F)(F)F)cc2)n2nc(C)[nH]c(=O)c12. The molecular weight excluding hydrogens is 417 g/mol. The lowest BCUT2D eigenvalue weighted by molar-refractivity contribution is -0.137. The summed E-state index contributed by atoms with van der Waals surface area (Å²) in [6, 6.07) is 3.85. The molecule has 2 aromatic heterocycles. The third kappa shape index (κ3) is 4.31. The molecule has 31 heavy (non-hydrogen) atoms. The summed E-state index contributed by atoms with van der Waals surface area (Å²) in [7, 11) is 0. The first-order chi connectivity index (χ1) is 14.5. The highest BCUT2D eigenvalue weighted by atomic mass is 19.4. The fourth-order valence-electron chi connectivity index (χ4n) is 3.06. The van der Waals surface area contributed by atoms with Crippen molar-refractivity contribution in [1.29, 1.82) is 0 Å². The van der Waals surface area contributed by atoms with Gasteiger partial charge in [-0.1, -0.05) is 25.5 Å². The Morgan fingerprint density at radius 3 is 2.42 bits per heavy atom. The van der Waals surface area contributed by atoms with Gasteiger partial charge in [-0.05, 0) is 38.0 Å². The van der Waals surface area contributed by atoms with Gasteiger partial charge >= 0.3 is 12.1 Å². The minimum Gasteiger partial charge on any atom is -0.461 e. The van der Waals surface area contributed by atoms with E-state index in [0.717, 1.165) is 35.2 Å². The molecule has 0 aliphatic rings. The number of nitrogens with zero attached hydrogens (tertiary/aromatic N) is 3. The Balaban J connectivity index is 2.14. The Morgan fingerprint density at radius 1 is 1.23 bits per heavy atom. The molecule has 0 aliphatic carbocycles. The van der Waals surface area contributed by atoms with Gasteiger partial charge in [-0.15, -0.1) is 0 Å². The predicted molar refractivity (Wildman–Crippen MR) is 104 cm³/mol. The summed E-state index contributed by atoms with van der Waals surface area (Å²) >= 11 is 0. The van der Waals surface area contributed by atoms with E-state index in [2.05, 4.69) is 15.1 Å². The highest BCUT2D eigenvalue weighted by molar-refractivity contribution is 5.94. The Labute approximate surface area is 174 Å². The average molecular weight is 438 g/mol. The fourth-order valence-corrected chi connectivity index (χ4v) is 3.06. The van der Waals surface area contributed by atoms with Crippen LogP contribution in [0.1, 0.15) is 60.0 Å². The van der Waals surface area contributed by atoms with Crippen molar-refractivity contribution in [2.45, 2.75) is 45.4 Å². The van der Waals surface area contributed by atoms with E-state index in [1.165, 1.54) is 13.8 Å². The summed E-state index contributed by atoms with van der Waals surface area (Å²) in [4.78, 5) is 31.6. The molecule has 2 heterocycles. The lowest BCUT2D eigenvalue weighted by Gasteiger charge is -2.22. The maximum Gasteiger partial charge on any atom is 0.416 e. The molecule has 0 saturated heterocycles. The molecule has 0 radical (unpaired) electrons. The van der Waals surface area contributed by atoms with Crippen LogP contribution in [-0.2, 0) is 16.5 Å². The average Bonchev–Trinajstić information content (AvgIpc) is 3.08. The van der Waals surface area contributed by atoms with Crippen molar-refractivity contribution in [2.75, 3.05) is 6.61 Å². The Hall–Kier alpha value is -3.21. The maximum absolute atomic E-state index is 12.9. The standard InChI is InChI=1S/C20H21F3N4O4/c1-4-5-10-31-17(29)14-15-16(28)24-11(2)26-27(15)18(25-14)19(3,30)12-6-8-13(9-7-12)20(21,22)23/h6-9,30H,4-5,10H2,1-3H3,(H,24,26,28). The number of aryl methyl sites for hydroxylation is 1. The Morgan fingerprint density at radius 2 is 1.84 bits per heavy atom. The van der Waals surface area contributed by atoms with E-state index in [4.69, 9.17) is 4.74 Å². The first-order valence-electron chi connectivity index (χ1n) is 9.54. The molecule has 1 aromatic carbocycles. The normalized spacial score (nSPS) is 13.9. The van der Waals surface area contributed by atoms with Gasteiger partial charge in [0.25, 0.3) is 5.56 Å². The molecule has 0 fully saturated rings. The fraction of sp³-hybridized carbons (Fsp3) is 0.400. The zero-order chi connectivity index (χ0) is 23.0. The number of alkyl halides is 3. The molecular formula is C20H21F3N4O4. The quantitative estimate of drug-likeness (QED) is 0.452. The molecule has 8 nitrogen and oxygen atoms in total. The number of aromatic nitrogens is 4. The number of ether oxygens (including phenoxy) is 1. The van der Waals surface area contributed by atoms with Gasteiger partial charge in [0.05, 0.1) is 12.2 Å². The minimum absolute atomic E-state index is 0.0676. The van der Waals surface area contributed by atoms with E-state index in [0.29, 0.717) is 6.42 Å². The van der Waals surface area contributed by atoms with Gasteiger partial charge in [0.1, 0.15) is 11.4 Å². The monoisotopic (exact) mass is 438 g/mol. The topological polar surface area (TPSA) is 110 Å². The van der Waals surface area contributed by atoms with Crippen molar-refractivity contribution < 1.29 is 27.8 Å². The molecule has 0 amide bonds. The second-order valence-corrected chi connectivity index (χ2v) is 7.22. The largest absolute Gasteiger partial charge is 0.461 e. The van der Waals surface area contributed by atoms with Crippen molar-refractivity contribution in [3.63, 3.8) is 0 Å². The summed E-state index contributed by atoms with van der Waals surface area (Å²) < 4.78 is 44.8. The van der Waals surface area contributed by atoms with Crippen molar-refractivity contribution in [3.8, 4) is 0 Å². The van der Waals surface area contributed by atoms with Crippen LogP contribution in [-0.4, -0.2) is 37.3 Å². The van der Waals surface area contributed by atoms with Crippen LogP contribution in [0.4, 0.5) is 13.2 Å². The van der Waals surface area contributed by atoms with Gasteiger partial charge in [-0.25, -0.2) is 14.3 Å². The molecule has 3 aromatic rings. The summed E-state index contributed by atoms with van der Waals surface area (Å²) in [5.41, 5.74) is -4.02. The summed E-state index contributed by atoms with van der Waals surface area (Å²) in [5.74, 6) is -0.888. The lowest BCUT2D eigenvalue weighted by Crippen LogP contribution is -2.28. The number of aromatic amines is 1. The van der Waals surface area contributed by atoms with Crippen LogP contribution in [0.2, 0.25) is 0 Å². The van der Waals surface area contributed by atoms with E-state index >= 15 is 0 Å². The maximum atomic E-state index is 12.9. The summed E-state index contributed by atoms with van der Waals surface area (Å²) in [5, 5.41) is 15.3. The van der Waals surface area contributed by atoms with Crippen LogP contribution in [0.15, 0.2) is 29.1 Å². The third-order valence-electron chi connectivity index (χ3n) is 4.75. The number of nitrogens with one attached hydrogen (secondary N) is 1. The number of rotatable bonds is 6. The molecule has 2 N–H and O–H groups in total. The van der Waals surface area contributed by atoms with E-state index in [9.17, 15) is 27.9 Å². The second-order valence-electron chi connectivity index (χ2n) is 7.22. The molecule has 1 unspecified atom stereocenters. The summed E-state index contributed by atoms with van der Waals surface area (Å²) in [6.45, 7) is 4.82. The first kappa shape index (κ1) is 22.5. The number of halogens is 3. The van der Waals surface area contributed by atoms with Gasteiger partial charge in [0, 0.05) is 0 Å². The van der Waals surface area contributed by atoms with E-state index in [1.54, 1.807) is 0 Å². The number of hydrogen-bond acceptors (Lipinski definition) is 6. The van der Waals surface area contributed by atoms with E-state index in [-0.39, 0.29) is 35.0 Å². The first-order valence-corrected chi connectivity index (χ1v) is 9.54. The Kier molecular flexibility index (Phi) is 5.90. The van der Waals surface area contributed by atoms with Gasteiger partial charge < -0.3 is 14.8 Å². The van der Waals surface area contributed by atoms with E-state index < -0.39 is 28.9 Å². The summed E-state index contributed by atoms with van der Waals surface area (Å²) in [6.07, 6.45) is -3.14. The Bertz CT molecular complexity index is 1160. The highest BCUT2D eigenvalue weighted by Gasteiger charge is 2.36. The lowest BCUT2D eigenvalue weighted by atomic mass is 9.94. The van der Waals surface area contributed by atoms with Crippen LogP contribution < -0.4 is 5.56 Å². The van der Waals surface area contributed by atoms with Gasteiger partial charge in [-0.3, -0.25) is 4.79 Å². The number of imidazole rings is 1. The van der Waals surface area contributed by atoms with Gasteiger partial charge in [0.2, 0.25) is 0 Å². The number of aliphatic hydroxyl groups is 1. The van der Waals surface area contributed by atoms with Gasteiger partial charge in [0.15, 0.2) is 17.0 Å². The second kappa shape index (κ2) is 8.14. The van der Waals surface area contributed by atoms with Crippen molar-refractivity contribution >= 4 is 11.5 Å². The molecule has 0 saturated carbocycles. The molecule has 166 valence electrons. The molecule has 0 aliphatic heterocycles. The zero-order valence-electron chi connectivity index (χ0n) is 17.1. The third-order valence-corrected chi connectivity index (χ3v) is 4.75. The smallest absolute Gasteiger partial charge is 0.416 e. The van der Waals surface area contributed by atoms with Crippen LogP contribution >= 0.6 is 0 Å². The van der Waals surface area contributed by atoms with Crippen LogP contribution in [0.5, 0.6) is 0 Å². The number of carbonyl (C=O) groups is 1. The van der Waals surface area contributed by atoms with Crippen molar-refractivity contribution in [2.24, 2.45) is 0 Å². The number of H-pyrrole nitrogens is 1. The predicted octanol–water partition coefficient (Wildman–Crippen LogP) is 2.96. The highest BCUT2D eigenvalue weighted by Crippen LogP contribution is 2.33. The van der Waals surface area contributed by atoms with Crippen LogP contribution in [0.3, 0.4) is 0 Å². The minimum atomic E-state index is -4.54. The van der Waals surface area contributed by atoms with Crippen molar-refractivity contribution in [1.82, 2.24) is 19.6 Å². The molecule has 1 atom stereocenters. The number of fused-ring (bicyclic) bond motifs is 1. The van der Waals surface area contributed by atoms with Crippen LogP contribution in [0.25, 0.3) is 5.52 Å². The molecule has 3 rings (SSSR count). The zero-order valence-corrected chi connectivity index (χ0v) is 17.1. The molecule has 11 heteroatoms. The molecule has 0 bridgehead atoms.